The van der Waals surface area contributed by atoms with Crippen LogP contribution in [0.3, 0.4) is 0 Å². The lowest BCUT2D eigenvalue weighted by atomic mass is 10.2. The van der Waals surface area contributed by atoms with Crippen LogP contribution in [-0.2, 0) is 9.53 Å². The van der Waals surface area contributed by atoms with Gasteiger partial charge in [-0.15, -0.1) is 0 Å². The van der Waals surface area contributed by atoms with Crippen molar-refractivity contribution in [1.29, 1.82) is 0 Å². The molecule has 0 fully saturated rings. The van der Waals surface area contributed by atoms with E-state index in [1.54, 1.807) is 0 Å². The number of hydrogen-bond donors (Lipinski definition) is 0. The number of esters is 1. The Morgan fingerprint density at radius 1 is 1.50 bits per heavy atom. The van der Waals surface area contributed by atoms with E-state index < -0.39 is 0 Å². The number of hydrogen-bond acceptors (Lipinski definition) is 2. The predicted octanol–water partition coefficient (Wildman–Crippen LogP) is 2.54. The summed E-state index contributed by atoms with van der Waals surface area (Å²) in [5.74, 6) is 0.186. The summed E-state index contributed by atoms with van der Waals surface area (Å²) in [5, 5.41) is 0. The van der Waals surface area contributed by atoms with Crippen LogP contribution in [0.2, 0.25) is 0 Å². The van der Waals surface area contributed by atoms with Crippen molar-refractivity contribution in [3.8, 4) is 0 Å². The van der Waals surface area contributed by atoms with Crippen LogP contribution >= 0.6 is 0 Å². The minimum absolute atomic E-state index is 0.225. The fourth-order valence-corrected chi connectivity index (χ4v) is 0.643. The quantitative estimate of drug-likeness (QED) is 0.468. The molecule has 70 valence electrons. The van der Waals surface area contributed by atoms with Crippen LogP contribution in [0.4, 0.5) is 0 Å². The number of carbonyl (C=O) groups is 1. The number of allylic oxidation sites excluding steroid dienone is 1. The Hall–Kier alpha value is -0.790. The van der Waals surface area contributed by atoms with Crippen LogP contribution in [-0.4, -0.2) is 12.6 Å². The van der Waals surface area contributed by atoms with E-state index in [4.69, 9.17) is 4.74 Å². The maximum atomic E-state index is 10.9. The molecule has 0 spiro atoms. The highest BCUT2D eigenvalue weighted by Crippen LogP contribution is 1.94. The molecule has 0 heterocycles. The highest BCUT2D eigenvalue weighted by Gasteiger charge is 1.98. The van der Waals surface area contributed by atoms with E-state index in [9.17, 15) is 4.79 Å². The van der Waals surface area contributed by atoms with Gasteiger partial charge in [0, 0.05) is 6.08 Å². The van der Waals surface area contributed by atoms with Crippen LogP contribution in [0.5, 0.6) is 0 Å². The van der Waals surface area contributed by atoms with Gasteiger partial charge in [0.1, 0.15) is 0 Å². The average Bonchev–Trinajstić information content (AvgIpc) is 2.01. The van der Waals surface area contributed by atoms with E-state index in [0.29, 0.717) is 12.5 Å². The second kappa shape index (κ2) is 6.89. The summed E-state index contributed by atoms with van der Waals surface area (Å²) in [6.45, 7) is 6.62. The van der Waals surface area contributed by atoms with Gasteiger partial charge in [-0.25, -0.2) is 4.79 Å². The molecular weight excluding hydrogens is 152 g/mol. The summed E-state index contributed by atoms with van der Waals surface area (Å²) >= 11 is 0. The predicted molar refractivity (Wildman–Crippen MR) is 49.8 cm³/mol. The lowest BCUT2D eigenvalue weighted by molar-refractivity contribution is -0.138. The van der Waals surface area contributed by atoms with Crippen molar-refractivity contribution in [2.24, 2.45) is 5.92 Å². The molecule has 0 saturated carbocycles. The Morgan fingerprint density at radius 2 is 2.17 bits per heavy atom. The zero-order valence-electron chi connectivity index (χ0n) is 8.17. The molecule has 2 nitrogen and oxygen atoms in total. The first kappa shape index (κ1) is 11.2. The summed E-state index contributed by atoms with van der Waals surface area (Å²) in [4.78, 5) is 10.9. The standard InChI is InChI=1S/C10H18O2/c1-4-5-6-7-10(11)12-8-9(2)3/h6-7,9H,4-5,8H2,1-3H3/b7-6-. The second-order valence-corrected chi connectivity index (χ2v) is 3.21. The first-order chi connectivity index (χ1) is 5.66. The molecule has 0 radical (unpaired) electrons. The number of rotatable bonds is 5. The molecule has 0 amide bonds. The minimum Gasteiger partial charge on any atom is -0.462 e. The van der Waals surface area contributed by atoms with Gasteiger partial charge in [0.15, 0.2) is 0 Å². The van der Waals surface area contributed by atoms with Crippen molar-refractivity contribution in [2.45, 2.75) is 33.6 Å². The van der Waals surface area contributed by atoms with E-state index in [1.165, 1.54) is 6.08 Å². The Labute approximate surface area is 74.6 Å². The molecule has 0 bridgehead atoms. The molecular formula is C10H18O2. The fraction of sp³-hybridized carbons (Fsp3) is 0.700. The SMILES string of the molecule is CCC/C=C\C(=O)OCC(C)C. The van der Waals surface area contributed by atoms with E-state index in [-0.39, 0.29) is 5.97 Å². The highest BCUT2D eigenvalue weighted by atomic mass is 16.5. The smallest absolute Gasteiger partial charge is 0.330 e. The van der Waals surface area contributed by atoms with E-state index in [2.05, 4.69) is 6.92 Å². The summed E-state index contributed by atoms with van der Waals surface area (Å²) in [6.07, 6.45) is 5.36. The van der Waals surface area contributed by atoms with Crippen LogP contribution < -0.4 is 0 Å². The van der Waals surface area contributed by atoms with Gasteiger partial charge in [-0.3, -0.25) is 0 Å². The van der Waals surface area contributed by atoms with Crippen molar-refractivity contribution in [3.63, 3.8) is 0 Å². The molecule has 0 aromatic carbocycles. The number of ether oxygens (including phenoxy) is 1. The monoisotopic (exact) mass is 170 g/mol. The first-order valence-electron chi connectivity index (χ1n) is 4.50. The largest absolute Gasteiger partial charge is 0.462 e. The van der Waals surface area contributed by atoms with E-state index in [1.807, 2.05) is 19.9 Å². The van der Waals surface area contributed by atoms with Crippen LogP contribution in [0, 0.1) is 5.92 Å². The van der Waals surface area contributed by atoms with Crippen molar-refractivity contribution >= 4 is 5.97 Å². The Bertz CT molecular complexity index is 148. The van der Waals surface area contributed by atoms with Gasteiger partial charge in [-0.2, -0.15) is 0 Å². The van der Waals surface area contributed by atoms with Crippen molar-refractivity contribution in [3.05, 3.63) is 12.2 Å². The molecule has 0 aliphatic carbocycles. The maximum absolute atomic E-state index is 10.9. The minimum atomic E-state index is -0.225. The zero-order chi connectivity index (χ0) is 9.40. The maximum Gasteiger partial charge on any atom is 0.330 e. The molecule has 0 N–H and O–H groups in total. The van der Waals surface area contributed by atoms with Crippen molar-refractivity contribution < 1.29 is 9.53 Å². The second-order valence-electron chi connectivity index (χ2n) is 3.21. The highest BCUT2D eigenvalue weighted by molar-refractivity contribution is 5.81. The lowest BCUT2D eigenvalue weighted by Crippen LogP contribution is -2.06. The molecule has 0 rings (SSSR count). The summed E-state index contributed by atoms with van der Waals surface area (Å²) in [7, 11) is 0. The molecule has 12 heavy (non-hydrogen) atoms. The Balaban J connectivity index is 3.46. The van der Waals surface area contributed by atoms with Gasteiger partial charge in [0.05, 0.1) is 6.61 Å². The molecule has 0 aromatic heterocycles. The lowest BCUT2D eigenvalue weighted by Gasteiger charge is -2.03. The Morgan fingerprint density at radius 3 is 2.67 bits per heavy atom. The molecule has 0 aliphatic rings. The third-order valence-electron chi connectivity index (χ3n) is 1.27. The Kier molecular flexibility index (Phi) is 6.44. The van der Waals surface area contributed by atoms with Crippen molar-refractivity contribution in [2.75, 3.05) is 6.61 Å². The normalized spacial score (nSPS) is 11.0. The summed E-state index contributed by atoms with van der Waals surface area (Å²) in [6, 6.07) is 0. The molecule has 0 atom stereocenters. The van der Waals surface area contributed by atoms with E-state index in [0.717, 1.165) is 12.8 Å². The summed E-state index contributed by atoms with van der Waals surface area (Å²) in [5.41, 5.74) is 0. The van der Waals surface area contributed by atoms with Crippen LogP contribution in [0.15, 0.2) is 12.2 Å². The van der Waals surface area contributed by atoms with Gasteiger partial charge in [0.2, 0.25) is 0 Å². The van der Waals surface area contributed by atoms with Gasteiger partial charge < -0.3 is 4.74 Å². The topological polar surface area (TPSA) is 26.3 Å². The fourth-order valence-electron chi connectivity index (χ4n) is 0.643. The number of carbonyl (C=O) groups excluding carboxylic acids is 1. The van der Waals surface area contributed by atoms with Crippen molar-refractivity contribution in [1.82, 2.24) is 0 Å². The molecule has 2 heteroatoms. The molecule has 0 aromatic rings. The summed E-state index contributed by atoms with van der Waals surface area (Å²) < 4.78 is 4.92. The van der Waals surface area contributed by atoms with Gasteiger partial charge in [0.25, 0.3) is 0 Å². The molecule has 0 aliphatic heterocycles. The average molecular weight is 170 g/mol. The van der Waals surface area contributed by atoms with Crippen LogP contribution in [0.1, 0.15) is 33.6 Å². The van der Waals surface area contributed by atoms with Gasteiger partial charge >= 0.3 is 5.97 Å². The number of unbranched alkanes of at least 4 members (excludes halogenated alkanes) is 1. The van der Waals surface area contributed by atoms with Crippen LogP contribution in [0.25, 0.3) is 0 Å². The van der Waals surface area contributed by atoms with Gasteiger partial charge in [-0.05, 0) is 12.3 Å². The molecule has 0 unspecified atom stereocenters. The third-order valence-corrected chi connectivity index (χ3v) is 1.27. The first-order valence-corrected chi connectivity index (χ1v) is 4.50. The van der Waals surface area contributed by atoms with E-state index >= 15 is 0 Å². The molecule has 0 saturated heterocycles. The third kappa shape index (κ3) is 7.32. The zero-order valence-corrected chi connectivity index (χ0v) is 8.17. The van der Waals surface area contributed by atoms with Gasteiger partial charge in [-0.1, -0.05) is 33.3 Å².